The molecule has 0 bridgehead atoms. The van der Waals surface area contributed by atoms with E-state index in [9.17, 15) is 32.0 Å². The summed E-state index contributed by atoms with van der Waals surface area (Å²) in [5, 5.41) is 22.8. The molecule has 0 spiro atoms. The highest BCUT2D eigenvalue weighted by Gasteiger charge is 2.24. The van der Waals surface area contributed by atoms with Gasteiger partial charge in [-0.1, -0.05) is 13.8 Å². The highest BCUT2D eigenvalue weighted by molar-refractivity contribution is 8.24. The Balaban J connectivity index is 0. The summed E-state index contributed by atoms with van der Waals surface area (Å²) in [4.78, 5) is 0. The molecule has 0 saturated carbocycles. The summed E-state index contributed by atoms with van der Waals surface area (Å²) < 4.78 is 108. The highest BCUT2D eigenvalue weighted by atomic mass is 36.0. The Kier molecular flexibility index (Phi) is 26.3. The van der Waals surface area contributed by atoms with Gasteiger partial charge in [-0.3, -0.25) is 18.3 Å². The van der Waals surface area contributed by atoms with E-state index in [-0.39, 0.29) is 51.7 Å². The summed E-state index contributed by atoms with van der Waals surface area (Å²) in [5.41, 5.74) is 0. The van der Waals surface area contributed by atoms with Crippen LogP contribution in [0.3, 0.4) is 0 Å². The van der Waals surface area contributed by atoms with Crippen molar-refractivity contribution in [3.63, 3.8) is 0 Å². The van der Waals surface area contributed by atoms with Crippen molar-refractivity contribution in [2.45, 2.75) is 13.8 Å². The lowest BCUT2D eigenvalue weighted by Crippen LogP contribution is -1.95. The molecule has 0 aliphatic rings. The van der Waals surface area contributed by atoms with Gasteiger partial charge in [0.1, 0.15) is 51.7 Å². The largest absolute Gasteiger partial charge is 0.508 e. The van der Waals surface area contributed by atoms with Crippen molar-refractivity contribution >= 4 is 147 Å². The minimum Gasteiger partial charge on any atom is -0.508 e. The summed E-state index contributed by atoms with van der Waals surface area (Å²) in [5.74, 6) is -0.445. The van der Waals surface area contributed by atoms with E-state index >= 15 is 0 Å². The van der Waals surface area contributed by atoms with Crippen LogP contribution in [0.15, 0.2) is 54.6 Å². The van der Waals surface area contributed by atoms with Gasteiger partial charge in [0.05, 0.1) is 0 Å². The third kappa shape index (κ3) is 39.0. The predicted molar refractivity (Wildman–Crippen MR) is 241 cm³/mol. The molecule has 3 aromatic rings. The first kappa shape index (κ1) is 60.2. The zero-order valence-electron chi connectivity index (χ0n) is 30.9. The molecular formula is C26H36Cl9O16P7. The molecule has 32 heteroatoms. The fraction of sp³-hybridized carbons (Fsp3) is 0.308. The van der Waals surface area contributed by atoms with Crippen LogP contribution in [0.2, 0.25) is 0 Å². The van der Waals surface area contributed by atoms with E-state index in [2.05, 4.69) is 47.3 Å². The second-order valence-electron chi connectivity index (χ2n) is 10.9. The number of aromatic hydroxyl groups is 3. The molecule has 0 radical (unpaired) electrons. The van der Waals surface area contributed by atoms with Crippen molar-refractivity contribution in [1.29, 1.82) is 0 Å². The van der Waals surface area contributed by atoms with Gasteiger partial charge in [-0.25, -0.2) is 13.7 Å². The van der Waals surface area contributed by atoms with Gasteiger partial charge in [0.25, 0.3) is 0 Å². The molecule has 0 heterocycles. The maximum Gasteiger partial charge on any atom is 0.428 e. The number of hydrogen-bond acceptors (Lipinski definition) is 16. The molecule has 0 atom stereocenters. The van der Waals surface area contributed by atoms with Crippen LogP contribution in [0.4, 0.5) is 0 Å². The smallest absolute Gasteiger partial charge is 0.428 e. The zero-order chi connectivity index (χ0) is 46.3. The summed E-state index contributed by atoms with van der Waals surface area (Å²) in [6, 6.07) is 11.0. The van der Waals surface area contributed by atoms with E-state index in [4.69, 9.17) is 96.3 Å². The van der Waals surface area contributed by atoms with E-state index in [0.29, 0.717) is 0 Å². The molecule has 3 N–H and O–H groups in total. The van der Waals surface area contributed by atoms with Crippen LogP contribution in [-0.4, -0.2) is 55.3 Å². The number of phenols is 3. The van der Waals surface area contributed by atoms with Gasteiger partial charge in [-0.2, -0.15) is 0 Å². The molecule has 0 unspecified atom stereocenters. The van der Waals surface area contributed by atoms with Crippen LogP contribution in [-0.2, 0) is 32.0 Å². The molecule has 3 aromatic carbocycles. The van der Waals surface area contributed by atoms with Gasteiger partial charge in [0.2, 0.25) is 22.1 Å². The minimum atomic E-state index is -3.97. The number of rotatable bonds is 12. The number of phenolic OH excluding ortho intramolecular Hbond substituents is 3. The molecule has 0 aromatic heterocycles. The van der Waals surface area contributed by atoms with E-state index in [1.807, 2.05) is 13.8 Å². The summed E-state index contributed by atoms with van der Waals surface area (Å²) >= 11 is 45.3. The molecule has 0 aliphatic heterocycles. The monoisotopic (exact) mass is 1140 g/mol. The first-order chi connectivity index (χ1) is 25.7. The first-order valence-electron chi connectivity index (χ1n) is 14.7. The van der Waals surface area contributed by atoms with Crippen molar-refractivity contribution < 1.29 is 74.4 Å². The SMILES string of the molecule is CC.CP(C)(=O)Oc1cc(OP(C)(C)=O)cc(OP(C)(C)=O)c1.O=P(Cl)(Cl)Cl.O=P(Cl)(Cl)Oc1cc(OP(=O)(Cl)Cl)cc(OP(=O)(Cl)Cl)c1.Oc1cc(O)cc(O)c1. The zero-order valence-corrected chi connectivity index (χ0v) is 43.9. The first-order valence-corrected chi connectivity index (χ1v) is 37.0. The van der Waals surface area contributed by atoms with Gasteiger partial charge in [-0.05, 0) is 33.7 Å². The quantitative estimate of drug-likeness (QED) is 0.143. The fourth-order valence-electron chi connectivity index (χ4n) is 3.12. The summed E-state index contributed by atoms with van der Waals surface area (Å²) in [6.07, 6.45) is -11.9. The molecule has 0 aliphatic carbocycles. The summed E-state index contributed by atoms with van der Waals surface area (Å²) in [6.45, 7) is 12.8. The lowest BCUT2D eigenvalue weighted by atomic mass is 10.3. The van der Waals surface area contributed by atoms with Crippen molar-refractivity contribution in [2.75, 3.05) is 40.0 Å². The normalized spacial score (nSPS) is 11.9. The fourth-order valence-corrected chi connectivity index (χ4v) is 7.44. The molecule has 334 valence electrons. The lowest BCUT2D eigenvalue weighted by Gasteiger charge is -2.17. The maximum atomic E-state index is 11.8. The molecule has 3 rings (SSSR count). The van der Waals surface area contributed by atoms with E-state index < -0.39 is 45.5 Å². The van der Waals surface area contributed by atoms with Crippen LogP contribution in [0.5, 0.6) is 51.7 Å². The van der Waals surface area contributed by atoms with Crippen LogP contribution >= 0.6 is 147 Å². The van der Waals surface area contributed by atoms with Crippen molar-refractivity contribution in [3.05, 3.63) is 54.6 Å². The van der Waals surface area contributed by atoms with Gasteiger partial charge in [0.15, 0.2) is 0 Å². The third-order valence-corrected chi connectivity index (χ3v) is 8.67. The Morgan fingerprint density at radius 2 is 0.483 bits per heavy atom. The van der Waals surface area contributed by atoms with Crippen LogP contribution in [0.25, 0.3) is 0 Å². The molecule has 0 saturated heterocycles. The predicted octanol–water partition coefficient (Wildman–Crippen LogP) is 16.7. The van der Waals surface area contributed by atoms with Gasteiger partial charge < -0.3 is 42.5 Å². The van der Waals surface area contributed by atoms with Gasteiger partial charge >= 0.3 is 23.4 Å². The van der Waals surface area contributed by atoms with E-state index in [1.54, 1.807) is 0 Å². The van der Waals surface area contributed by atoms with Crippen LogP contribution in [0, 0.1) is 0 Å². The average molecular weight is 1140 g/mol. The molecule has 16 nitrogen and oxygen atoms in total. The average Bonchev–Trinajstić information content (AvgIpc) is 2.87. The second kappa shape index (κ2) is 25.4. The van der Waals surface area contributed by atoms with Crippen molar-refractivity contribution in [3.8, 4) is 51.7 Å². The second-order valence-corrected chi connectivity index (χ2v) is 38.2. The van der Waals surface area contributed by atoms with E-state index in [1.165, 1.54) is 58.2 Å². The lowest BCUT2D eigenvalue weighted by molar-refractivity contribution is 0.428. The van der Waals surface area contributed by atoms with E-state index in [0.717, 1.165) is 36.4 Å². The minimum absolute atomic E-state index is 0.146. The number of benzene rings is 3. The summed E-state index contributed by atoms with van der Waals surface area (Å²) in [7, 11) is -8.34. The van der Waals surface area contributed by atoms with Crippen molar-refractivity contribution in [2.24, 2.45) is 0 Å². The number of hydrogen-bond donors (Lipinski definition) is 3. The Bertz CT molecular complexity index is 1760. The molecule has 0 fully saturated rings. The molecule has 0 amide bonds. The van der Waals surface area contributed by atoms with Crippen molar-refractivity contribution in [1.82, 2.24) is 0 Å². The highest BCUT2D eigenvalue weighted by Crippen LogP contribution is 2.62. The Hall–Kier alpha value is 0.0800. The third-order valence-electron chi connectivity index (χ3n) is 4.21. The molecule has 58 heavy (non-hydrogen) atoms. The van der Waals surface area contributed by atoms with Gasteiger partial charge in [0, 0.05) is 162 Å². The Morgan fingerprint density at radius 3 is 0.603 bits per heavy atom. The Labute approximate surface area is 378 Å². The molecular weight excluding hydrogens is 1100 g/mol. The maximum absolute atomic E-state index is 11.8. The Morgan fingerprint density at radius 1 is 0.345 bits per heavy atom. The topological polar surface area (TPSA) is 236 Å². The standard InChI is InChI=1S/C12H21O6P3.C6H3Cl6O6P3.C6H6O3.C2H6.Cl3OP/c1-19(2,13)16-10-7-11(17-20(3,4)14)9-12(8-10)18-21(5,6)15;7-19(8,13)16-4-1-5(17-20(9,10)14)3-6(2-4)18-21(11,12)15;7-4-1-5(8)3-6(9)2-4;1-2;1-5(2,3)4/h7-9H,1-6H3;1-3H;1-3,7-9H;1-2H3;. The number of halogens is 9. The van der Waals surface area contributed by atoms with Gasteiger partial charge in [-0.15, -0.1) is 0 Å². The van der Waals surface area contributed by atoms with Crippen LogP contribution < -0.4 is 27.1 Å². The van der Waals surface area contributed by atoms with Crippen LogP contribution in [0.1, 0.15) is 13.8 Å².